The summed E-state index contributed by atoms with van der Waals surface area (Å²) >= 11 is 0. The molecule has 1 fully saturated rings. The summed E-state index contributed by atoms with van der Waals surface area (Å²) < 4.78 is 2.00. The van der Waals surface area contributed by atoms with Crippen molar-refractivity contribution in [2.45, 2.75) is 58.1 Å². The Morgan fingerprint density at radius 2 is 1.83 bits per heavy atom. The van der Waals surface area contributed by atoms with Crippen molar-refractivity contribution in [3.05, 3.63) is 47.3 Å². The predicted molar refractivity (Wildman–Crippen MR) is 92.8 cm³/mol. The van der Waals surface area contributed by atoms with Crippen LogP contribution in [0.5, 0.6) is 0 Å². The Bertz CT molecular complexity index is 642. The third-order valence-corrected chi connectivity index (χ3v) is 4.98. The SMILES string of the molecule is Cc1nn(-c2ccccc2)c(C)c1CNCC1(O)CCCCC1. The Labute approximate surface area is 138 Å². The fourth-order valence-electron chi connectivity index (χ4n) is 3.56. The highest BCUT2D eigenvalue weighted by atomic mass is 16.3. The van der Waals surface area contributed by atoms with E-state index in [1.807, 2.05) is 22.9 Å². The Kier molecular flexibility index (Phi) is 4.83. The molecule has 2 aromatic rings. The topological polar surface area (TPSA) is 50.1 Å². The third-order valence-electron chi connectivity index (χ3n) is 4.98. The van der Waals surface area contributed by atoms with Gasteiger partial charge in [-0.3, -0.25) is 0 Å². The highest BCUT2D eigenvalue weighted by molar-refractivity contribution is 5.36. The van der Waals surface area contributed by atoms with Crippen molar-refractivity contribution in [2.24, 2.45) is 0 Å². The van der Waals surface area contributed by atoms with Gasteiger partial charge in [0.2, 0.25) is 0 Å². The average molecular weight is 313 g/mol. The van der Waals surface area contributed by atoms with Gasteiger partial charge in [0.25, 0.3) is 0 Å². The lowest BCUT2D eigenvalue weighted by Gasteiger charge is -2.32. The second-order valence-corrected chi connectivity index (χ2v) is 6.79. The molecule has 23 heavy (non-hydrogen) atoms. The number of para-hydroxylation sites is 1. The van der Waals surface area contributed by atoms with E-state index in [4.69, 9.17) is 0 Å². The highest BCUT2D eigenvalue weighted by Gasteiger charge is 2.28. The molecule has 1 aromatic heterocycles. The van der Waals surface area contributed by atoms with Gasteiger partial charge in [0.15, 0.2) is 0 Å². The molecule has 1 aromatic carbocycles. The standard InChI is InChI=1S/C19H27N3O/c1-15-18(13-20-14-19(23)11-7-4-8-12-19)16(2)22(21-15)17-9-5-3-6-10-17/h3,5-6,9-10,20,23H,4,7-8,11-14H2,1-2H3. The molecule has 0 unspecified atom stereocenters. The lowest BCUT2D eigenvalue weighted by atomic mass is 9.85. The predicted octanol–water partition coefficient (Wildman–Crippen LogP) is 3.27. The van der Waals surface area contributed by atoms with E-state index in [1.165, 1.54) is 12.0 Å². The van der Waals surface area contributed by atoms with Crippen molar-refractivity contribution < 1.29 is 5.11 Å². The van der Waals surface area contributed by atoms with Crippen LogP contribution >= 0.6 is 0 Å². The minimum Gasteiger partial charge on any atom is -0.389 e. The molecule has 4 nitrogen and oxygen atoms in total. The zero-order valence-electron chi connectivity index (χ0n) is 14.2. The van der Waals surface area contributed by atoms with Crippen LogP contribution in [-0.4, -0.2) is 27.0 Å². The van der Waals surface area contributed by atoms with Crippen molar-refractivity contribution in [3.63, 3.8) is 0 Å². The van der Waals surface area contributed by atoms with E-state index in [-0.39, 0.29) is 0 Å². The molecule has 0 spiro atoms. The molecule has 0 radical (unpaired) electrons. The molecule has 0 atom stereocenters. The summed E-state index contributed by atoms with van der Waals surface area (Å²) in [5.74, 6) is 0. The number of hydrogen-bond donors (Lipinski definition) is 2. The second kappa shape index (κ2) is 6.85. The summed E-state index contributed by atoms with van der Waals surface area (Å²) in [6, 6.07) is 10.2. The lowest BCUT2D eigenvalue weighted by Crippen LogP contribution is -2.42. The number of rotatable bonds is 5. The zero-order valence-corrected chi connectivity index (χ0v) is 14.2. The summed E-state index contributed by atoms with van der Waals surface area (Å²) in [6.45, 7) is 5.59. The van der Waals surface area contributed by atoms with E-state index in [2.05, 4.69) is 36.4 Å². The number of nitrogens with zero attached hydrogens (tertiary/aromatic N) is 2. The molecule has 1 saturated carbocycles. The van der Waals surface area contributed by atoms with E-state index in [0.29, 0.717) is 6.54 Å². The van der Waals surface area contributed by atoms with Crippen LogP contribution in [0.25, 0.3) is 5.69 Å². The third kappa shape index (κ3) is 3.65. The van der Waals surface area contributed by atoms with E-state index < -0.39 is 5.60 Å². The number of aromatic nitrogens is 2. The molecule has 0 amide bonds. The molecular formula is C19H27N3O. The molecule has 0 aliphatic heterocycles. The van der Waals surface area contributed by atoms with Crippen LogP contribution in [0.4, 0.5) is 0 Å². The molecule has 3 rings (SSSR count). The molecule has 124 valence electrons. The summed E-state index contributed by atoms with van der Waals surface area (Å²) in [4.78, 5) is 0. The van der Waals surface area contributed by atoms with Crippen LogP contribution in [0.2, 0.25) is 0 Å². The molecule has 4 heteroatoms. The van der Waals surface area contributed by atoms with Crippen LogP contribution in [-0.2, 0) is 6.54 Å². The lowest BCUT2D eigenvalue weighted by molar-refractivity contribution is 0.00465. The quantitative estimate of drug-likeness (QED) is 0.890. The van der Waals surface area contributed by atoms with Crippen molar-refractivity contribution in [3.8, 4) is 5.69 Å². The maximum Gasteiger partial charge on any atom is 0.0771 e. The van der Waals surface area contributed by atoms with Crippen LogP contribution in [0, 0.1) is 13.8 Å². The van der Waals surface area contributed by atoms with Gasteiger partial charge in [-0.15, -0.1) is 0 Å². The monoisotopic (exact) mass is 313 g/mol. The Morgan fingerprint density at radius 1 is 1.13 bits per heavy atom. The second-order valence-electron chi connectivity index (χ2n) is 6.79. The van der Waals surface area contributed by atoms with Gasteiger partial charge < -0.3 is 10.4 Å². The van der Waals surface area contributed by atoms with Gasteiger partial charge >= 0.3 is 0 Å². The zero-order chi connectivity index (χ0) is 16.3. The Morgan fingerprint density at radius 3 is 2.52 bits per heavy atom. The Hall–Kier alpha value is -1.65. The van der Waals surface area contributed by atoms with Gasteiger partial charge in [0.05, 0.1) is 17.0 Å². The van der Waals surface area contributed by atoms with Crippen LogP contribution in [0.15, 0.2) is 30.3 Å². The number of nitrogens with one attached hydrogen (secondary N) is 1. The molecule has 0 saturated heterocycles. The van der Waals surface area contributed by atoms with Crippen LogP contribution < -0.4 is 5.32 Å². The normalized spacial score (nSPS) is 17.3. The molecule has 1 aliphatic rings. The minimum atomic E-state index is -0.518. The number of hydrogen-bond acceptors (Lipinski definition) is 3. The first-order chi connectivity index (χ1) is 11.1. The van der Waals surface area contributed by atoms with Crippen molar-refractivity contribution in [2.75, 3.05) is 6.54 Å². The summed E-state index contributed by atoms with van der Waals surface area (Å²) in [7, 11) is 0. The van der Waals surface area contributed by atoms with E-state index >= 15 is 0 Å². The van der Waals surface area contributed by atoms with Crippen LogP contribution in [0.1, 0.15) is 49.1 Å². The van der Waals surface area contributed by atoms with Crippen molar-refractivity contribution in [1.82, 2.24) is 15.1 Å². The number of benzene rings is 1. The number of aliphatic hydroxyl groups is 1. The smallest absolute Gasteiger partial charge is 0.0771 e. The Balaban J connectivity index is 1.68. The van der Waals surface area contributed by atoms with Gasteiger partial charge in [0, 0.05) is 24.3 Å². The van der Waals surface area contributed by atoms with Gasteiger partial charge in [0.1, 0.15) is 0 Å². The fourth-order valence-corrected chi connectivity index (χ4v) is 3.56. The largest absolute Gasteiger partial charge is 0.389 e. The molecule has 2 N–H and O–H groups in total. The van der Waals surface area contributed by atoms with Gasteiger partial charge in [-0.2, -0.15) is 5.10 Å². The van der Waals surface area contributed by atoms with E-state index in [9.17, 15) is 5.11 Å². The van der Waals surface area contributed by atoms with Gasteiger partial charge in [-0.25, -0.2) is 4.68 Å². The summed E-state index contributed by atoms with van der Waals surface area (Å²) in [5, 5.41) is 18.7. The molecule has 1 aliphatic carbocycles. The first-order valence-electron chi connectivity index (χ1n) is 8.63. The van der Waals surface area contributed by atoms with E-state index in [0.717, 1.165) is 49.3 Å². The highest BCUT2D eigenvalue weighted by Crippen LogP contribution is 2.27. The van der Waals surface area contributed by atoms with Gasteiger partial charge in [-0.05, 0) is 38.8 Å². The molecular weight excluding hydrogens is 286 g/mol. The first-order valence-corrected chi connectivity index (χ1v) is 8.63. The first kappa shape index (κ1) is 16.2. The van der Waals surface area contributed by atoms with Crippen molar-refractivity contribution >= 4 is 0 Å². The maximum atomic E-state index is 10.6. The number of aryl methyl sites for hydroxylation is 1. The molecule has 0 bridgehead atoms. The van der Waals surface area contributed by atoms with Crippen LogP contribution in [0.3, 0.4) is 0 Å². The van der Waals surface area contributed by atoms with E-state index in [1.54, 1.807) is 0 Å². The summed E-state index contributed by atoms with van der Waals surface area (Å²) in [6.07, 6.45) is 5.37. The molecule has 1 heterocycles. The fraction of sp³-hybridized carbons (Fsp3) is 0.526. The average Bonchev–Trinajstić information content (AvgIpc) is 2.84. The van der Waals surface area contributed by atoms with Gasteiger partial charge in [-0.1, -0.05) is 37.5 Å². The maximum absolute atomic E-state index is 10.6. The minimum absolute atomic E-state index is 0.518. The van der Waals surface area contributed by atoms with Crippen molar-refractivity contribution in [1.29, 1.82) is 0 Å². The summed E-state index contributed by atoms with van der Waals surface area (Å²) in [5.41, 5.74) is 4.01.